The summed E-state index contributed by atoms with van der Waals surface area (Å²) < 4.78 is 45.4. The average molecular weight is 525 g/mol. The van der Waals surface area contributed by atoms with Crippen LogP contribution in [0.2, 0.25) is 0 Å². The minimum atomic E-state index is -4.41. The summed E-state index contributed by atoms with van der Waals surface area (Å²) in [5, 5.41) is 4.66. The van der Waals surface area contributed by atoms with Gasteiger partial charge in [0.2, 0.25) is 5.13 Å². The van der Waals surface area contributed by atoms with Crippen molar-refractivity contribution in [1.29, 1.82) is 0 Å². The van der Waals surface area contributed by atoms with Crippen LogP contribution in [0.4, 0.5) is 13.2 Å². The Balaban J connectivity index is 2.06. The molecule has 0 radical (unpaired) electrons. The number of rotatable bonds is 3. The van der Waals surface area contributed by atoms with Gasteiger partial charge in [0, 0.05) is 5.56 Å². The lowest BCUT2D eigenvalue weighted by atomic mass is 10.1. The van der Waals surface area contributed by atoms with Gasteiger partial charge in [-0.05, 0) is 50.9 Å². The third-order valence-corrected chi connectivity index (χ3v) is 6.24. The fourth-order valence-electron chi connectivity index (χ4n) is 2.30. The van der Waals surface area contributed by atoms with Gasteiger partial charge in [-0.25, -0.2) is 9.78 Å². The molecule has 0 aliphatic rings. The number of hydrogen-bond acceptors (Lipinski definition) is 5. The zero-order chi connectivity index (χ0) is 19.9. The second kappa shape index (κ2) is 7.36. The van der Waals surface area contributed by atoms with Crippen molar-refractivity contribution in [3.05, 3.63) is 49.5 Å². The summed E-state index contributed by atoms with van der Waals surface area (Å²) in [6.45, 7) is 1.71. The van der Waals surface area contributed by atoms with Crippen LogP contribution < -0.4 is 0 Å². The molecular weight excluding hydrogens is 515 g/mol. The molecule has 0 bridgehead atoms. The highest BCUT2D eigenvalue weighted by molar-refractivity contribution is 9.11. The molecule has 0 saturated carbocycles. The quantitative estimate of drug-likeness (QED) is 0.416. The lowest BCUT2D eigenvalue weighted by molar-refractivity contribution is -0.137. The predicted molar refractivity (Wildman–Crippen MR) is 101 cm³/mol. The molecule has 0 aliphatic heterocycles. The molecule has 3 rings (SSSR count). The molecule has 3 aromatic rings. The van der Waals surface area contributed by atoms with Crippen LogP contribution in [0, 0.1) is 6.92 Å². The summed E-state index contributed by atoms with van der Waals surface area (Å²) in [5.74, 6) is -0.593. The Bertz CT molecular complexity index is 1010. The lowest BCUT2D eigenvalue weighted by Crippen LogP contribution is -2.10. The van der Waals surface area contributed by atoms with E-state index in [1.807, 2.05) is 0 Å². The molecule has 0 saturated heterocycles. The summed E-state index contributed by atoms with van der Waals surface area (Å²) >= 11 is 7.88. The number of thiazole rings is 1. The van der Waals surface area contributed by atoms with Crippen LogP contribution in [0.5, 0.6) is 0 Å². The number of carbonyl (C=O) groups excluding carboxylic acids is 1. The van der Waals surface area contributed by atoms with Crippen molar-refractivity contribution in [3.63, 3.8) is 0 Å². The molecule has 0 spiro atoms. The Kier molecular flexibility index (Phi) is 5.46. The molecule has 0 fully saturated rings. The number of ether oxygens (including phenoxy) is 1. The third-order valence-electron chi connectivity index (χ3n) is 3.61. The number of hydrogen-bond donors (Lipinski definition) is 0. The van der Waals surface area contributed by atoms with Crippen LogP contribution in [0.3, 0.4) is 0 Å². The van der Waals surface area contributed by atoms with Crippen LogP contribution in [-0.4, -0.2) is 27.8 Å². The Hall–Kier alpha value is -1.72. The maximum Gasteiger partial charge on any atom is 0.416 e. The highest BCUT2D eigenvalue weighted by Gasteiger charge is 2.30. The number of aryl methyl sites for hydroxylation is 1. The van der Waals surface area contributed by atoms with Crippen LogP contribution in [0.25, 0.3) is 16.4 Å². The molecule has 11 heteroatoms. The first-order valence-electron chi connectivity index (χ1n) is 7.31. The van der Waals surface area contributed by atoms with Gasteiger partial charge >= 0.3 is 12.1 Å². The normalized spacial score (nSPS) is 11.7. The minimum Gasteiger partial charge on any atom is -0.464 e. The summed E-state index contributed by atoms with van der Waals surface area (Å²) in [6.07, 6.45) is -4.41. The number of esters is 1. The first kappa shape index (κ1) is 20.0. The van der Waals surface area contributed by atoms with Crippen molar-refractivity contribution in [1.82, 2.24) is 14.8 Å². The fraction of sp³-hybridized carbons (Fsp3) is 0.188. The van der Waals surface area contributed by atoms with Gasteiger partial charge in [-0.2, -0.15) is 23.0 Å². The van der Waals surface area contributed by atoms with E-state index in [9.17, 15) is 18.0 Å². The second-order valence-corrected chi connectivity index (χ2v) is 8.43. The lowest BCUT2D eigenvalue weighted by Gasteiger charge is -2.06. The summed E-state index contributed by atoms with van der Waals surface area (Å²) in [6, 6.07) is 4.68. The number of benzene rings is 1. The number of halogens is 5. The number of carbonyl (C=O) groups is 1. The summed E-state index contributed by atoms with van der Waals surface area (Å²) in [7, 11) is 1.26. The number of nitrogens with zero attached hydrogens (tertiary/aromatic N) is 3. The summed E-state index contributed by atoms with van der Waals surface area (Å²) in [5.41, 5.74) is 0.953. The van der Waals surface area contributed by atoms with E-state index in [4.69, 9.17) is 4.74 Å². The molecule has 2 aromatic heterocycles. The molecule has 142 valence electrons. The van der Waals surface area contributed by atoms with Gasteiger partial charge < -0.3 is 4.74 Å². The van der Waals surface area contributed by atoms with Gasteiger partial charge in [0.05, 0.1) is 32.3 Å². The van der Waals surface area contributed by atoms with Crippen LogP contribution in [-0.2, 0) is 10.9 Å². The van der Waals surface area contributed by atoms with E-state index in [-0.39, 0.29) is 5.69 Å². The number of aromatic nitrogens is 3. The maximum absolute atomic E-state index is 12.7. The average Bonchev–Trinajstić information content (AvgIpc) is 3.14. The molecule has 1 aromatic carbocycles. The number of alkyl halides is 3. The molecule has 0 atom stereocenters. The molecule has 2 heterocycles. The Morgan fingerprint density at radius 3 is 2.41 bits per heavy atom. The van der Waals surface area contributed by atoms with Crippen molar-refractivity contribution >= 4 is 49.2 Å². The standard InChI is InChI=1S/C16H10Br2F3N3O2S/c1-7-10(17)12(14(25)26-2)24(23-7)15-22-11(13(18)27-15)8-3-5-9(6-4-8)16(19,20)21/h3-6H,1-2H3. The van der Waals surface area contributed by atoms with Crippen molar-refractivity contribution in [2.75, 3.05) is 7.11 Å². The van der Waals surface area contributed by atoms with E-state index in [0.717, 1.165) is 12.1 Å². The first-order valence-corrected chi connectivity index (χ1v) is 9.71. The zero-order valence-electron chi connectivity index (χ0n) is 13.8. The smallest absolute Gasteiger partial charge is 0.416 e. The molecule has 27 heavy (non-hydrogen) atoms. The van der Waals surface area contributed by atoms with Crippen molar-refractivity contribution in [3.8, 4) is 16.4 Å². The van der Waals surface area contributed by atoms with Crippen LogP contribution in [0.15, 0.2) is 32.5 Å². The van der Waals surface area contributed by atoms with Crippen LogP contribution in [0.1, 0.15) is 21.7 Å². The van der Waals surface area contributed by atoms with E-state index in [1.165, 1.54) is 35.3 Å². The van der Waals surface area contributed by atoms with Gasteiger partial charge in [0.15, 0.2) is 5.69 Å². The monoisotopic (exact) mass is 523 g/mol. The van der Waals surface area contributed by atoms with E-state index in [1.54, 1.807) is 6.92 Å². The van der Waals surface area contributed by atoms with Crippen molar-refractivity contribution in [2.45, 2.75) is 13.1 Å². The second-order valence-electron chi connectivity index (χ2n) is 5.35. The highest BCUT2D eigenvalue weighted by Crippen LogP contribution is 2.37. The van der Waals surface area contributed by atoms with Gasteiger partial charge in [-0.15, -0.1) is 0 Å². The predicted octanol–water partition coefficient (Wildman–Crippen LogP) is 5.63. The Labute approximate surface area is 172 Å². The van der Waals surface area contributed by atoms with E-state index in [2.05, 4.69) is 41.9 Å². The van der Waals surface area contributed by atoms with Crippen molar-refractivity contribution in [2.24, 2.45) is 0 Å². The number of methoxy groups -OCH3 is 1. The highest BCUT2D eigenvalue weighted by atomic mass is 79.9. The summed E-state index contributed by atoms with van der Waals surface area (Å²) in [4.78, 5) is 16.5. The molecular formula is C16H10Br2F3N3O2S. The Morgan fingerprint density at radius 2 is 1.85 bits per heavy atom. The first-order chi connectivity index (χ1) is 12.6. The topological polar surface area (TPSA) is 57.0 Å². The SMILES string of the molecule is COC(=O)c1c(Br)c(C)nn1-c1nc(-c2ccc(C(F)(F)F)cc2)c(Br)s1. The third kappa shape index (κ3) is 3.81. The van der Waals surface area contributed by atoms with E-state index < -0.39 is 17.7 Å². The molecule has 0 N–H and O–H groups in total. The molecule has 5 nitrogen and oxygen atoms in total. The van der Waals surface area contributed by atoms with E-state index >= 15 is 0 Å². The molecule has 0 amide bonds. The maximum atomic E-state index is 12.7. The van der Waals surface area contributed by atoms with Gasteiger partial charge in [0.25, 0.3) is 0 Å². The minimum absolute atomic E-state index is 0.176. The van der Waals surface area contributed by atoms with Gasteiger partial charge in [-0.3, -0.25) is 0 Å². The molecule has 0 aliphatic carbocycles. The van der Waals surface area contributed by atoms with Gasteiger partial charge in [-0.1, -0.05) is 23.5 Å². The largest absolute Gasteiger partial charge is 0.464 e. The van der Waals surface area contributed by atoms with E-state index in [0.29, 0.717) is 30.3 Å². The van der Waals surface area contributed by atoms with Gasteiger partial charge in [0.1, 0.15) is 0 Å². The molecule has 0 unspecified atom stereocenters. The fourth-order valence-corrected chi connectivity index (χ4v) is 4.23. The zero-order valence-corrected chi connectivity index (χ0v) is 17.8. The van der Waals surface area contributed by atoms with Crippen LogP contribution >= 0.6 is 43.2 Å². The Morgan fingerprint density at radius 1 is 1.22 bits per heavy atom. The van der Waals surface area contributed by atoms with Crippen molar-refractivity contribution < 1.29 is 22.7 Å².